The van der Waals surface area contributed by atoms with Crippen molar-refractivity contribution in [3.63, 3.8) is 0 Å². The second-order valence-electron chi connectivity index (χ2n) is 4.84. The van der Waals surface area contributed by atoms with Gasteiger partial charge in [0.05, 0.1) is 5.71 Å². The minimum absolute atomic E-state index is 0.662. The summed E-state index contributed by atoms with van der Waals surface area (Å²) < 4.78 is 5.22. The first-order valence-corrected chi connectivity index (χ1v) is 6.86. The molecule has 0 aromatic rings. The van der Waals surface area contributed by atoms with Gasteiger partial charge in [-0.05, 0) is 26.1 Å². The van der Waals surface area contributed by atoms with Crippen LogP contribution in [-0.4, -0.2) is 13.2 Å². The van der Waals surface area contributed by atoms with Crippen LogP contribution in [0.3, 0.4) is 0 Å². The van der Waals surface area contributed by atoms with Crippen LogP contribution < -0.4 is 0 Å². The zero-order chi connectivity index (χ0) is 11.6. The Hall–Kier alpha value is -0.465. The summed E-state index contributed by atoms with van der Waals surface area (Å²) in [5, 5.41) is 4.22. The van der Waals surface area contributed by atoms with Crippen LogP contribution in [0.2, 0.25) is 6.32 Å². The molecule has 1 radical (unpaired) electrons. The Morgan fingerprint density at radius 2 is 1.81 bits per heavy atom. The zero-order valence-electron chi connectivity index (χ0n) is 10.9. The third-order valence-corrected chi connectivity index (χ3v) is 3.37. The van der Waals surface area contributed by atoms with Crippen molar-refractivity contribution in [2.75, 3.05) is 0 Å². The average molecular weight is 222 g/mol. The summed E-state index contributed by atoms with van der Waals surface area (Å²) in [5.41, 5.74) is 1.19. The first-order chi connectivity index (χ1) is 7.84. The minimum atomic E-state index is 0.662. The molecule has 0 bridgehead atoms. The lowest BCUT2D eigenvalue weighted by atomic mass is 9.88. The van der Waals surface area contributed by atoms with Crippen LogP contribution in [0.5, 0.6) is 0 Å². The molecule has 0 spiro atoms. The Bertz CT molecular complexity index is 198. The fraction of sp³-hybridized carbons (Fsp3) is 0.923. The molecule has 0 aromatic carbocycles. The van der Waals surface area contributed by atoms with Gasteiger partial charge in [0.15, 0.2) is 0 Å². The molecule has 1 saturated carbocycles. The van der Waals surface area contributed by atoms with Gasteiger partial charge in [-0.15, -0.1) is 5.16 Å². The highest BCUT2D eigenvalue weighted by Crippen LogP contribution is 2.23. The van der Waals surface area contributed by atoms with E-state index in [1.807, 2.05) is 7.48 Å². The summed E-state index contributed by atoms with van der Waals surface area (Å²) in [6.45, 7) is 4.26. The maximum Gasteiger partial charge on any atom is 0.411 e. The second kappa shape index (κ2) is 8.66. The van der Waals surface area contributed by atoms with Gasteiger partial charge in [-0.2, -0.15) is 0 Å². The largest absolute Gasteiger partial charge is 0.475 e. The molecule has 0 aromatic heterocycles. The maximum atomic E-state index is 5.22. The van der Waals surface area contributed by atoms with Crippen molar-refractivity contribution < 1.29 is 4.76 Å². The van der Waals surface area contributed by atoms with Crippen LogP contribution in [0.25, 0.3) is 0 Å². The van der Waals surface area contributed by atoms with Crippen LogP contribution in [-0.2, 0) is 4.76 Å². The summed E-state index contributed by atoms with van der Waals surface area (Å²) in [6, 6.07) is 0. The van der Waals surface area contributed by atoms with Gasteiger partial charge in [-0.25, -0.2) is 0 Å². The monoisotopic (exact) mass is 222 g/mol. The molecule has 0 atom stereocenters. The van der Waals surface area contributed by atoms with Gasteiger partial charge in [0.25, 0.3) is 0 Å². The van der Waals surface area contributed by atoms with Crippen molar-refractivity contribution in [3.05, 3.63) is 0 Å². The lowest BCUT2D eigenvalue weighted by molar-refractivity contribution is 0.350. The molecule has 16 heavy (non-hydrogen) atoms. The maximum absolute atomic E-state index is 5.22. The van der Waals surface area contributed by atoms with Gasteiger partial charge in [0.2, 0.25) is 0 Å². The number of nitrogens with zero attached hydrogens (tertiary/aromatic N) is 1. The van der Waals surface area contributed by atoms with Gasteiger partial charge in [0, 0.05) is 5.92 Å². The predicted molar refractivity (Wildman–Crippen MR) is 70.9 cm³/mol. The van der Waals surface area contributed by atoms with Crippen molar-refractivity contribution in [1.29, 1.82) is 0 Å². The van der Waals surface area contributed by atoms with Crippen LogP contribution >= 0.6 is 0 Å². The van der Waals surface area contributed by atoms with E-state index in [2.05, 4.69) is 19.0 Å². The highest BCUT2D eigenvalue weighted by Gasteiger charge is 2.14. The standard InChI is InChI=1S/C13H25BNO/c1-3-11-14-16-15-12(2)13-9-7-5-4-6-8-10-13/h13H,3-11H2,1-2H3/b15-12+. The fourth-order valence-electron chi connectivity index (χ4n) is 2.24. The summed E-state index contributed by atoms with van der Waals surface area (Å²) in [6.07, 6.45) is 11.6. The molecule has 0 aliphatic heterocycles. The Kier molecular flexibility index (Phi) is 7.36. The smallest absolute Gasteiger partial charge is 0.411 e. The van der Waals surface area contributed by atoms with Gasteiger partial charge < -0.3 is 4.76 Å². The summed E-state index contributed by atoms with van der Waals surface area (Å²) in [5.74, 6) is 0.662. The van der Waals surface area contributed by atoms with E-state index in [9.17, 15) is 0 Å². The lowest BCUT2D eigenvalue weighted by Gasteiger charge is -2.19. The molecular formula is C13H25BNO. The highest BCUT2D eigenvalue weighted by atomic mass is 16.6. The normalized spacial score (nSPS) is 20.0. The highest BCUT2D eigenvalue weighted by molar-refractivity contribution is 6.27. The van der Waals surface area contributed by atoms with Crippen molar-refractivity contribution in [3.8, 4) is 0 Å². The molecule has 0 amide bonds. The van der Waals surface area contributed by atoms with Crippen molar-refractivity contribution in [1.82, 2.24) is 0 Å². The van der Waals surface area contributed by atoms with Crippen LogP contribution in [0, 0.1) is 5.92 Å². The van der Waals surface area contributed by atoms with E-state index in [4.69, 9.17) is 4.76 Å². The molecule has 3 heteroatoms. The predicted octanol–water partition coefficient (Wildman–Crippen LogP) is 4.19. The summed E-state index contributed by atoms with van der Waals surface area (Å²) in [4.78, 5) is 0. The summed E-state index contributed by atoms with van der Waals surface area (Å²) in [7, 11) is 1.81. The molecule has 1 aliphatic carbocycles. The number of hydrogen-bond donors (Lipinski definition) is 0. The number of hydrogen-bond acceptors (Lipinski definition) is 2. The van der Waals surface area contributed by atoms with Gasteiger partial charge in [-0.1, -0.05) is 45.4 Å². The molecule has 1 rings (SSSR count). The van der Waals surface area contributed by atoms with Crippen molar-refractivity contribution in [2.24, 2.45) is 11.1 Å². The first-order valence-electron chi connectivity index (χ1n) is 6.86. The first kappa shape index (κ1) is 13.6. The Balaban J connectivity index is 2.28. The molecule has 0 saturated heterocycles. The SMILES string of the molecule is CCC[B]O/N=C(\C)C1CCCCCCC1. The molecule has 0 N–H and O–H groups in total. The van der Waals surface area contributed by atoms with E-state index in [0.717, 1.165) is 12.7 Å². The van der Waals surface area contributed by atoms with Gasteiger partial charge >= 0.3 is 7.48 Å². The molecule has 91 valence electrons. The minimum Gasteiger partial charge on any atom is -0.475 e. The van der Waals surface area contributed by atoms with Crippen LogP contribution in [0.15, 0.2) is 5.16 Å². The van der Waals surface area contributed by atoms with E-state index in [1.165, 1.54) is 50.7 Å². The third kappa shape index (κ3) is 5.57. The molecular weight excluding hydrogens is 197 g/mol. The topological polar surface area (TPSA) is 21.6 Å². The number of oxime groups is 1. The third-order valence-electron chi connectivity index (χ3n) is 3.37. The van der Waals surface area contributed by atoms with Crippen LogP contribution in [0.4, 0.5) is 0 Å². The van der Waals surface area contributed by atoms with Gasteiger partial charge in [0.1, 0.15) is 0 Å². The van der Waals surface area contributed by atoms with E-state index in [1.54, 1.807) is 0 Å². The number of rotatable bonds is 5. The van der Waals surface area contributed by atoms with E-state index in [0.29, 0.717) is 5.92 Å². The summed E-state index contributed by atoms with van der Waals surface area (Å²) >= 11 is 0. The molecule has 0 heterocycles. The molecule has 1 aliphatic rings. The zero-order valence-corrected chi connectivity index (χ0v) is 10.9. The molecule has 2 nitrogen and oxygen atoms in total. The lowest BCUT2D eigenvalue weighted by Crippen LogP contribution is -2.14. The molecule has 0 unspecified atom stereocenters. The fourth-order valence-corrected chi connectivity index (χ4v) is 2.24. The van der Waals surface area contributed by atoms with E-state index < -0.39 is 0 Å². The van der Waals surface area contributed by atoms with Gasteiger partial charge in [-0.3, -0.25) is 0 Å². The Morgan fingerprint density at radius 1 is 1.19 bits per heavy atom. The Morgan fingerprint density at radius 3 is 2.44 bits per heavy atom. The van der Waals surface area contributed by atoms with E-state index >= 15 is 0 Å². The van der Waals surface area contributed by atoms with Crippen molar-refractivity contribution in [2.45, 2.75) is 71.5 Å². The van der Waals surface area contributed by atoms with Crippen molar-refractivity contribution >= 4 is 13.2 Å². The molecule has 1 fully saturated rings. The quantitative estimate of drug-likeness (QED) is 0.296. The average Bonchev–Trinajstić information content (AvgIpc) is 2.23. The Labute approximate surface area is 101 Å². The second-order valence-corrected chi connectivity index (χ2v) is 4.84. The van der Waals surface area contributed by atoms with Crippen LogP contribution in [0.1, 0.15) is 65.2 Å². The van der Waals surface area contributed by atoms with E-state index in [-0.39, 0.29) is 0 Å².